The van der Waals surface area contributed by atoms with E-state index in [0.717, 1.165) is 12.8 Å². The first-order chi connectivity index (χ1) is 4.40. The maximum atomic E-state index is 8.56. The van der Waals surface area contributed by atoms with Crippen LogP contribution in [0.5, 0.6) is 0 Å². The van der Waals surface area contributed by atoms with Crippen LogP contribution >= 0.6 is 0 Å². The molecule has 2 heterocycles. The summed E-state index contributed by atoms with van der Waals surface area (Å²) in [7, 11) is 0. The highest BCUT2D eigenvalue weighted by Gasteiger charge is 2.40. The second-order valence-corrected chi connectivity index (χ2v) is 2.85. The molecule has 9 heavy (non-hydrogen) atoms. The quantitative estimate of drug-likeness (QED) is 0.482. The van der Waals surface area contributed by atoms with Crippen LogP contribution in [0.25, 0.3) is 0 Å². The number of rotatable bonds is 0. The van der Waals surface area contributed by atoms with E-state index in [9.17, 15) is 0 Å². The molecule has 2 heteroatoms. The normalized spacial score (nSPS) is 47.2. The average Bonchev–Trinajstić information content (AvgIpc) is 2.45. The van der Waals surface area contributed by atoms with Gasteiger partial charge < -0.3 is 4.74 Å². The number of nitrogens with zero attached hydrogens (tertiary/aromatic N) is 1. The van der Waals surface area contributed by atoms with Crippen LogP contribution in [-0.4, -0.2) is 12.2 Å². The Bertz CT molecular complexity index is 161. The molecule has 0 aliphatic carbocycles. The van der Waals surface area contributed by atoms with E-state index in [2.05, 4.69) is 6.07 Å². The lowest BCUT2D eigenvalue weighted by Crippen LogP contribution is -2.13. The molecule has 48 valence electrons. The summed E-state index contributed by atoms with van der Waals surface area (Å²) in [4.78, 5) is 0. The maximum Gasteiger partial charge on any atom is 0.0750 e. The number of fused-ring (bicyclic) bond motifs is 2. The summed E-state index contributed by atoms with van der Waals surface area (Å²) >= 11 is 0. The number of hydrogen-bond acceptors (Lipinski definition) is 2. The molecule has 2 bridgehead atoms. The summed E-state index contributed by atoms with van der Waals surface area (Å²) in [5, 5.41) is 8.56. The Kier molecular flexibility index (Phi) is 1.000. The monoisotopic (exact) mass is 123 g/mol. The molecule has 2 nitrogen and oxygen atoms in total. The lowest BCUT2D eigenvalue weighted by Gasteiger charge is -2.08. The van der Waals surface area contributed by atoms with Crippen molar-refractivity contribution in [3.63, 3.8) is 0 Å². The molecule has 0 radical (unpaired) electrons. The van der Waals surface area contributed by atoms with Gasteiger partial charge in [0, 0.05) is 0 Å². The minimum absolute atomic E-state index is 0.212. The van der Waals surface area contributed by atoms with Gasteiger partial charge in [0.1, 0.15) is 0 Å². The Morgan fingerprint density at radius 3 is 2.67 bits per heavy atom. The topological polar surface area (TPSA) is 33.0 Å². The van der Waals surface area contributed by atoms with Crippen molar-refractivity contribution in [1.82, 2.24) is 0 Å². The molecule has 0 unspecified atom stereocenters. The Morgan fingerprint density at radius 2 is 2.33 bits per heavy atom. The Hall–Kier alpha value is -0.550. The van der Waals surface area contributed by atoms with Gasteiger partial charge in [0.25, 0.3) is 0 Å². The number of hydrogen-bond donors (Lipinski definition) is 0. The van der Waals surface area contributed by atoms with E-state index in [-0.39, 0.29) is 5.92 Å². The van der Waals surface area contributed by atoms with Gasteiger partial charge in [0.05, 0.1) is 24.2 Å². The lowest BCUT2D eigenvalue weighted by molar-refractivity contribution is 0.0986. The van der Waals surface area contributed by atoms with Crippen molar-refractivity contribution in [2.24, 2.45) is 5.92 Å². The van der Waals surface area contributed by atoms with Crippen molar-refractivity contribution in [3.8, 4) is 6.07 Å². The standard InChI is InChI=1S/C7H9NO/c8-4-5-3-6-1-2-7(5)9-6/h5-7H,1-3H2/t5-,6+,7-/m0/s1. The fraction of sp³-hybridized carbons (Fsp3) is 0.857. The molecule has 0 aromatic heterocycles. The summed E-state index contributed by atoms with van der Waals surface area (Å²) in [6, 6.07) is 2.27. The van der Waals surface area contributed by atoms with Crippen molar-refractivity contribution in [1.29, 1.82) is 5.26 Å². The van der Waals surface area contributed by atoms with Crippen LogP contribution in [0.3, 0.4) is 0 Å². The van der Waals surface area contributed by atoms with Crippen molar-refractivity contribution >= 4 is 0 Å². The Labute approximate surface area is 54.4 Å². The van der Waals surface area contributed by atoms with Crippen molar-refractivity contribution in [2.75, 3.05) is 0 Å². The van der Waals surface area contributed by atoms with Crippen molar-refractivity contribution in [2.45, 2.75) is 31.5 Å². The molecule has 2 aliphatic heterocycles. The van der Waals surface area contributed by atoms with Crippen LogP contribution in [0.15, 0.2) is 0 Å². The van der Waals surface area contributed by atoms with Gasteiger partial charge >= 0.3 is 0 Å². The first-order valence-electron chi connectivity index (χ1n) is 3.45. The highest BCUT2D eigenvalue weighted by atomic mass is 16.5. The second-order valence-electron chi connectivity index (χ2n) is 2.85. The van der Waals surface area contributed by atoms with Gasteiger partial charge in [-0.05, 0) is 19.3 Å². The highest BCUT2D eigenvalue weighted by Crippen LogP contribution is 2.37. The van der Waals surface area contributed by atoms with Gasteiger partial charge in [-0.3, -0.25) is 0 Å². The molecule has 3 atom stereocenters. The summed E-state index contributed by atoms with van der Waals surface area (Å²) < 4.78 is 5.45. The fourth-order valence-electron chi connectivity index (χ4n) is 1.77. The Balaban J connectivity index is 2.12. The third-order valence-electron chi connectivity index (χ3n) is 2.27. The molecule has 0 amide bonds. The molecule has 0 saturated carbocycles. The minimum Gasteiger partial charge on any atom is -0.374 e. The van der Waals surface area contributed by atoms with E-state index in [1.165, 1.54) is 6.42 Å². The number of ether oxygens (including phenoxy) is 1. The van der Waals surface area contributed by atoms with Crippen LogP contribution in [0, 0.1) is 17.2 Å². The largest absolute Gasteiger partial charge is 0.374 e. The average molecular weight is 123 g/mol. The van der Waals surface area contributed by atoms with Gasteiger partial charge in [0.2, 0.25) is 0 Å². The van der Waals surface area contributed by atoms with Crippen LogP contribution in [0.4, 0.5) is 0 Å². The van der Waals surface area contributed by atoms with Crippen molar-refractivity contribution in [3.05, 3.63) is 0 Å². The number of nitriles is 1. The molecular formula is C7H9NO. The van der Waals surface area contributed by atoms with Crippen LogP contribution in [0.1, 0.15) is 19.3 Å². The summed E-state index contributed by atoms with van der Waals surface area (Å²) in [5.74, 6) is 0.212. The summed E-state index contributed by atoms with van der Waals surface area (Å²) in [6.45, 7) is 0. The van der Waals surface area contributed by atoms with Crippen LogP contribution in [-0.2, 0) is 4.74 Å². The molecule has 2 saturated heterocycles. The molecule has 0 spiro atoms. The second kappa shape index (κ2) is 1.71. The SMILES string of the molecule is N#C[C@@H]1C[C@H]2CC[C@@H]1O2. The van der Waals surface area contributed by atoms with Crippen LogP contribution < -0.4 is 0 Å². The van der Waals surface area contributed by atoms with Crippen molar-refractivity contribution < 1.29 is 4.74 Å². The first-order valence-corrected chi connectivity index (χ1v) is 3.45. The molecule has 2 aliphatic rings. The Morgan fingerprint density at radius 1 is 1.44 bits per heavy atom. The van der Waals surface area contributed by atoms with Gasteiger partial charge in [-0.15, -0.1) is 0 Å². The third-order valence-corrected chi connectivity index (χ3v) is 2.27. The molecule has 2 rings (SSSR count). The zero-order chi connectivity index (χ0) is 6.27. The predicted molar refractivity (Wildman–Crippen MR) is 31.6 cm³/mol. The van der Waals surface area contributed by atoms with E-state index in [0.29, 0.717) is 12.2 Å². The fourth-order valence-corrected chi connectivity index (χ4v) is 1.77. The van der Waals surface area contributed by atoms with E-state index < -0.39 is 0 Å². The molecule has 0 aromatic carbocycles. The van der Waals surface area contributed by atoms with Gasteiger partial charge in [-0.1, -0.05) is 0 Å². The van der Waals surface area contributed by atoms with E-state index in [4.69, 9.17) is 10.00 Å². The van der Waals surface area contributed by atoms with Gasteiger partial charge in [0.15, 0.2) is 0 Å². The van der Waals surface area contributed by atoms with Gasteiger partial charge in [-0.2, -0.15) is 5.26 Å². The van der Waals surface area contributed by atoms with E-state index >= 15 is 0 Å². The molecule has 2 fully saturated rings. The highest BCUT2D eigenvalue weighted by molar-refractivity contribution is 4.99. The minimum atomic E-state index is 0.212. The first kappa shape index (κ1) is 5.25. The van der Waals surface area contributed by atoms with Gasteiger partial charge in [-0.25, -0.2) is 0 Å². The van der Waals surface area contributed by atoms with E-state index in [1.54, 1.807) is 0 Å². The molecular weight excluding hydrogens is 114 g/mol. The lowest BCUT2D eigenvalue weighted by atomic mass is 9.91. The zero-order valence-corrected chi connectivity index (χ0v) is 5.21. The van der Waals surface area contributed by atoms with E-state index in [1.807, 2.05) is 0 Å². The third kappa shape index (κ3) is 0.650. The molecule has 0 N–H and O–H groups in total. The summed E-state index contributed by atoms with van der Waals surface area (Å²) in [5.41, 5.74) is 0. The predicted octanol–water partition coefficient (Wildman–Crippen LogP) is 1.08. The molecule has 0 aromatic rings. The summed E-state index contributed by atoms with van der Waals surface area (Å²) in [6.07, 6.45) is 4.01. The van der Waals surface area contributed by atoms with Crippen LogP contribution in [0.2, 0.25) is 0 Å². The maximum absolute atomic E-state index is 8.56. The smallest absolute Gasteiger partial charge is 0.0750 e. The zero-order valence-electron chi connectivity index (χ0n) is 5.21.